The number of halogens is 2. The quantitative estimate of drug-likeness (QED) is 0.173. The van der Waals surface area contributed by atoms with E-state index in [-0.39, 0.29) is 5.75 Å². The molecule has 4 heteroatoms. The Morgan fingerprint density at radius 1 is 0.824 bits per heavy atom. The average Bonchev–Trinajstić information content (AvgIpc) is 2.87. The van der Waals surface area contributed by atoms with Gasteiger partial charge in [-0.3, -0.25) is 0 Å². The second-order valence-electron chi connectivity index (χ2n) is 9.13. The summed E-state index contributed by atoms with van der Waals surface area (Å²) in [6, 6.07) is 27.2. The zero-order valence-corrected chi connectivity index (χ0v) is 23.6. The van der Waals surface area contributed by atoms with Crippen LogP contribution in [0.5, 0.6) is 5.75 Å². The van der Waals surface area contributed by atoms with Crippen molar-refractivity contribution in [3.63, 3.8) is 0 Å². The van der Waals surface area contributed by atoms with Crippen LogP contribution in [-0.2, 0) is 0 Å². The van der Waals surface area contributed by atoms with Crippen molar-refractivity contribution in [3.8, 4) is 5.75 Å². The van der Waals surface area contributed by atoms with Crippen LogP contribution in [0.3, 0.4) is 0 Å². The van der Waals surface area contributed by atoms with Crippen LogP contribution in [0, 0.1) is 0 Å². The molecule has 0 aliphatic heterocycles. The van der Waals surface area contributed by atoms with Crippen LogP contribution in [0.1, 0.15) is 64.4 Å². The van der Waals surface area contributed by atoms with Crippen molar-refractivity contribution in [2.24, 2.45) is 0 Å². The summed E-state index contributed by atoms with van der Waals surface area (Å²) in [6.45, 7) is 4.47. The van der Waals surface area contributed by atoms with Gasteiger partial charge in [0.1, 0.15) is 0 Å². The summed E-state index contributed by atoms with van der Waals surface area (Å²) in [7, 11) is 0. The molecule has 0 aliphatic rings. The van der Waals surface area contributed by atoms with Gasteiger partial charge in [0.05, 0.1) is 0 Å². The number of phenolic OH excluding ortho intramolecular Hbond substituents is 1. The number of unbranched alkanes of at least 4 members (excludes halogenated alkanes) is 4. The van der Waals surface area contributed by atoms with Crippen molar-refractivity contribution < 1.29 is 5.11 Å². The third kappa shape index (κ3) is 6.14. The SMILES string of the molecule is CCCCCCP(Br)(/C=C(/CCCC)c1cc(Cl)ccc1O)(c1ccccc1)c1ccccc1. The first kappa shape index (κ1) is 27.0. The van der Waals surface area contributed by atoms with Crippen LogP contribution in [-0.4, -0.2) is 11.3 Å². The van der Waals surface area contributed by atoms with Gasteiger partial charge in [-0.05, 0) is 0 Å². The van der Waals surface area contributed by atoms with Gasteiger partial charge in [-0.15, -0.1) is 0 Å². The van der Waals surface area contributed by atoms with Gasteiger partial charge in [0.15, 0.2) is 0 Å². The Kier molecular flexibility index (Phi) is 9.84. The summed E-state index contributed by atoms with van der Waals surface area (Å²) < 4.78 is 0. The molecule has 1 N–H and O–H groups in total. The van der Waals surface area contributed by atoms with Crippen LogP contribution in [0.25, 0.3) is 5.57 Å². The van der Waals surface area contributed by atoms with Gasteiger partial charge in [0.2, 0.25) is 0 Å². The summed E-state index contributed by atoms with van der Waals surface area (Å²) in [4.78, 5) is 0. The first-order valence-corrected chi connectivity index (χ1v) is 17.4. The zero-order chi connectivity index (χ0) is 24.5. The van der Waals surface area contributed by atoms with E-state index in [1.165, 1.54) is 35.4 Å². The minimum atomic E-state index is -2.95. The van der Waals surface area contributed by atoms with Crippen LogP contribution < -0.4 is 10.6 Å². The molecule has 3 aromatic rings. The van der Waals surface area contributed by atoms with Crippen LogP contribution >= 0.6 is 32.4 Å². The maximum atomic E-state index is 10.9. The first-order valence-electron chi connectivity index (χ1n) is 12.5. The van der Waals surface area contributed by atoms with Crippen molar-refractivity contribution in [2.45, 2.75) is 58.8 Å². The van der Waals surface area contributed by atoms with E-state index >= 15 is 0 Å². The van der Waals surface area contributed by atoms with E-state index in [0.29, 0.717) is 5.02 Å². The van der Waals surface area contributed by atoms with Gasteiger partial charge >= 0.3 is 220 Å². The standard InChI is InChI=1S/C30H37BrClOP/c1-3-5-7-14-22-34(31,27-16-10-8-11-17-27,28-18-12-9-13-19-28)24-25(15-6-4-2)29-23-26(32)20-21-30(29)33/h8-13,16-21,23-24,33H,3-7,14-15,22H2,1-2H3/b25-24-. The Bertz CT molecular complexity index is 1040. The second-order valence-corrected chi connectivity index (χ2v) is 18.7. The molecular weight excluding hydrogens is 523 g/mol. The molecule has 1 nitrogen and oxygen atoms in total. The van der Waals surface area contributed by atoms with E-state index in [1.54, 1.807) is 12.1 Å². The van der Waals surface area contributed by atoms with E-state index in [4.69, 9.17) is 11.6 Å². The fourth-order valence-electron chi connectivity index (χ4n) is 4.70. The number of phenols is 1. The molecule has 3 aromatic carbocycles. The van der Waals surface area contributed by atoms with Crippen molar-refractivity contribution in [1.29, 1.82) is 0 Å². The Morgan fingerprint density at radius 3 is 1.97 bits per heavy atom. The fraction of sp³-hybridized carbons (Fsp3) is 0.333. The molecular formula is C30H37BrClOP. The monoisotopic (exact) mass is 558 g/mol. The molecule has 0 saturated heterocycles. The van der Waals surface area contributed by atoms with Gasteiger partial charge in [-0.2, -0.15) is 0 Å². The molecule has 0 spiro atoms. The zero-order valence-electron chi connectivity index (χ0n) is 20.4. The van der Waals surface area contributed by atoms with E-state index in [1.807, 2.05) is 6.07 Å². The van der Waals surface area contributed by atoms with Gasteiger partial charge in [-0.1, -0.05) is 0 Å². The Hall–Kier alpha value is -1.60. The van der Waals surface area contributed by atoms with Crippen LogP contribution in [0.4, 0.5) is 0 Å². The average molecular weight is 560 g/mol. The Labute approximate surface area is 218 Å². The third-order valence-corrected chi connectivity index (χ3v) is 15.8. The van der Waals surface area contributed by atoms with Crippen molar-refractivity contribution in [1.82, 2.24) is 0 Å². The van der Waals surface area contributed by atoms with Gasteiger partial charge in [0, 0.05) is 0 Å². The molecule has 182 valence electrons. The Balaban J connectivity index is 2.33. The topological polar surface area (TPSA) is 20.2 Å². The van der Waals surface area contributed by atoms with Crippen molar-refractivity contribution >= 4 is 48.6 Å². The molecule has 0 amide bonds. The predicted molar refractivity (Wildman–Crippen MR) is 158 cm³/mol. The third-order valence-electron chi connectivity index (χ3n) is 6.61. The summed E-state index contributed by atoms with van der Waals surface area (Å²) in [6.07, 6.45) is 8.87. The van der Waals surface area contributed by atoms with Crippen LogP contribution in [0.2, 0.25) is 5.02 Å². The maximum absolute atomic E-state index is 10.9. The van der Waals surface area contributed by atoms with Gasteiger partial charge in [-0.25, -0.2) is 0 Å². The Morgan fingerprint density at radius 2 is 1.41 bits per heavy atom. The number of aromatic hydroxyl groups is 1. The van der Waals surface area contributed by atoms with Gasteiger partial charge < -0.3 is 0 Å². The molecule has 0 atom stereocenters. The van der Waals surface area contributed by atoms with E-state index in [9.17, 15) is 5.11 Å². The minimum absolute atomic E-state index is 0.288. The molecule has 3 rings (SSSR count). The number of rotatable bonds is 12. The van der Waals surface area contributed by atoms with E-state index < -0.39 is 5.31 Å². The van der Waals surface area contributed by atoms with E-state index in [2.05, 4.69) is 95.8 Å². The van der Waals surface area contributed by atoms with Crippen molar-refractivity contribution in [2.75, 3.05) is 6.16 Å². The van der Waals surface area contributed by atoms with Crippen molar-refractivity contribution in [3.05, 3.63) is 95.3 Å². The molecule has 0 aromatic heterocycles. The summed E-state index contributed by atoms with van der Waals surface area (Å²) >= 11 is 10.9. The molecule has 0 radical (unpaired) electrons. The number of hydrogen-bond donors (Lipinski definition) is 1. The predicted octanol–water partition coefficient (Wildman–Crippen LogP) is 9.67. The normalized spacial score (nSPS) is 13.4. The molecule has 34 heavy (non-hydrogen) atoms. The van der Waals surface area contributed by atoms with Crippen LogP contribution in [0.15, 0.2) is 84.7 Å². The van der Waals surface area contributed by atoms with Gasteiger partial charge in [0.25, 0.3) is 0 Å². The number of hydrogen-bond acceptors (Lipinski definition) is 1. The fourth-order valence-corrected chi connectivity index (χ4v) is 12.4. The first-order chi connectivity index (χ1) is 16.4. The number of allylic oxidation sites excluding steroid dienone is 1. The summed E-state index contributed by atoms with van der Waals surface area (Å²) in [5.74, 6) is 2.79. The second kappa shape index (κ2) is 12.4. The number of benzene rings is 3. The summed E-state index contributed by atoms with van der Waals surface area (Å²) in [5.41, 5.74) is 2.01. The summed E-state index contributed by atoms with van der Waals surface area (Å²) in [5, 5.41) is 11.2. The molecule has 0 bridgehead atoms. The molecule has 0 fully saturated rings. The molecule has 0 heterocycles. The molecule has 0 aliphatic carbocycles. The molecule has 0 unspecified atom stereocenters. The molecule has 0 saturated carbocycles. The van der Waals surface area contributed by atoms with E-state index in [0.717, 1.165) is 37.4 Å².